The molecule has 0 aliphatic carbocycles. The molecule has 0 unspecified atom stereocenters. The molecule has 0 spiro atoms. The van der Waals surface area contributed by atoms with E-state index in [2.05, 4.69) is 10.0 Å². The van der Waals surface area contributed by atoms with Crippen LogP contribution in [0.5, 0.6) is 0 Å². The van der Waals surface area contributed by atoms with E-state index in [0.29, 0.717) is 19.5 Å². The number of rotatable bonds is 8. The van der Waals surface area contributed by atoms with Gasteiger partial charge >= 0.3 is 0 Å². The molecular weight excluding hydrogens is 278 g/mol. The minimum Gasteiger partial charge on any atom is -0.355 e. The highest BCUT2D eigenvalue weighted by molar-refractivity contribution is 7.89. The average molecular weight is 302 g/mol. The maximum absolute atomic E-state index is 11.4. The summed E-state index contributed by atoms with van der Waals surface area (Å²) >= 11 is 0. The van der Waals surface area contributed by atoms with Gasteiger partial charge in [-0.25, -0.2) is 13.1 Å². The molecule has 0 heterocycles. The van der Waals surface area contributed by atoms with E-state index < -0.39 is 16.1 Å². The Hall–Kier alpha value is -0.370. The molecule has 1 amide bonds. The zero-order valence-electron chi connectivity index (χ0n) is 11.1. The second-order valence-electron chi connectivity index (χ2n) is 4.21. The van der Waals surface area contributed by atoms with Crippen LogP contribution in [0.4, 0.5) is 0 Å². The molecule has 0 fully saturated rings. The van der Waals surface area contributed by atoms with Gasteiger partial charge in [0.15, 0.2) is 0 Å². The SMILES string of the molecule is CCS(=O)(=O)NCCCNC(=O)[C@@H](N)C(C)C.Cl. The van der Waals surface area contributed by atoms with Crippen LogP contribution in [0.1, 0.15) is 27.2 Å². The summed E-state index contributed by atoms with van der Waals surface area (Å²) in [5, 5.41) is 2.67. The standard InChI is InChI=1S/C10H23N3O3S.ClH/c1-4-17(15,16)13-7-5-6-12-10(14)9(11)8(2)3;/h8-9,13H,4-7,11H2,1-3H3,(H,12,14);1H/t9-;/m0./s1. The van der Waals surface area contributed by atoms with Gasteiger partial charge in [-0.15, -0.1) is 12.4 Å². The van der Waals surface area contributed by atoms with Gasteiger partial charge in [-0.1, -0.05) is 13.8 Å². The van der Waals surface area contributed by atoms with Gasteiger partial charge in [0.2, 0.25) is 15.9 Å². The summed E-state index contributed by atoms with van der Waals surface area (Å²) in [5.41, 5.74) is 5.64. The van der Waals surface area contributed by atoms with Crippen molar-refractivity contribution in [3.8, 4) is 0 Å². The molecule has 110 valence electrons. The third-order valence-corrected chi connectivity index (χ3v) is 3.78. The molecule has 4 N–H and O–H groups in total. The van der Waals surface area contributed by atoms with Gasteiger partial charge in [-0.05, 0) is 19.3 Å². The van der Waals surface area contributed by atoms with Crippen LogP contribution < -0.4 is 15.8 Å². The Morgan fingerprint density at radius 2 is 1.83 bits per heavy atom. The quantitative estimate of drug-likeness (QED) is 0.542. The van der Waals surface area contributed by atoms with Crippen molar-refractivity contribution in [1.29, 1.82) is 0 Å². The molecule has 0 saturated carbocycles. The zero-order chi connectivity index (χ0) is 13.5. The normalized spacial score (nSPS) is 12.9. The summed E-state index contributed by atoms with van der Waals surface area (Å²) in [5.74, 6) is -0.0376. The fourth-order valence-electron chi connectivity index (χ4n) is 1.05. The van der Waals surface area contributed by atoms with Gasteiger partial charge < -0.3 is 11.1 Å². The van der Waals surface area contributed by atoms with Crippen molar-refractivity contribution in [1.82, 2.24) is 10.0 Å². The first-order chi connectivity index (χ1) is 7.80. The number of nitrogens with one attached hydrogen (secondary N) is 2. The minimum absolute atomic E-state index is 0. The van der Waals surface area contributed by atoms with Gasteiger partial charge in [0.25, 0.3) is 0 Å². The van der Waals surface area contributed by atoms with Crippen LogP contribution >= 0.6 is 12.4 Å². The number of amides is 1. The summed E-state index contributed by atoms with van der Waals surface area (Å²) in [7, 11) is -3.14. The van der Waals surface area contributed by atoms with Gasteiger partial charge in [0, 0.05) is 13.1 Å². The predicted molar refractivity (Wildman–Crippen MR) is 75.2 cm³/mol. The summed E-state index contributed by atoms with van der Waals surface area (Å²) in [6.07, 6.45) is 0.551. The van der Waals surface area contributed by atoms with Crippen molar-refractivity contribution < 1.29 is 13.2 Å². The van der Waals surface area contributed by atoms with Crippen molar-refractivity contribution in [3.63, 3.8) is 0 Å². The number of nitrogens with two attached hydrogens (primary N) is 1. The second kappa shape index (κ2) is 9.55. The lowest BCUT2D eigenvalue weighted by Gasteiger charge is -2.15. The van der Waals surface area contributed by atoms with Crippen LogP contribution in [0.15, 0.2) is 0 Å². The van der Waals surface area contributed by atoms with Crippen LogP contribution in [0.2, 0.25) is 0 Å². The van der Waals surface area contributed by atoms with Crippen LogP contribution in [0.25, 0.3) is 0 Å². The number of halogens is 1. The molecule has 0 rings (SSSR count). The van der Waals surface area contributed by atoms with Crippen LogP contribution in [0, 0.1) is 5.92 Å². The highest BCUT2D eigenvalue weighted by Crippen LogP contribution is 1.97. The van der Waals surface area contributed by atoms with Gasteiger partial charge in [0.05, 0.1) is 11.8 Å². The van der Waals surface area contributed by atoms with Crippen molar-refractivity contribution in [2.75, 3.05) is 18.8 Å². The largest absolute Gasteiger partial charge is 0.355 e. The van der Waals surface area contributed by atoms with Crippen LogP contribution in [0.3, 0.4) is 0 Å². The van der Waals surface area contributed by atoms with Crippen molar-refractivity contribution in [2.24, 2.45) is 11.7 Å². The highest BCUT2D eigenvalue weighted by atomic mass is 35.5. The predicted octanol–water partition coefficient (Wildman–Crippen LogP) is -0.163. The molecule has 6 nitrogen and oxygen atoms in total. The number of carbonyl (C=O) groups excluding carboxylic acids is 1. The van der Waals surface area contributed by atoms with E-state index in [-0.39, 0.29) is 30.0 Å². The molecular formula is C10H24ClN3O3S. The fraction of sp³-hybridized carbons (Fsp3) is 0.900. The summed E-state index contributed by atoms with van der Waals surface area (Å²) in [6, 6.07) is -0.512. The van der Waals surface area contributed by atoms with E-state index in [9.17, 15) is 13.2 Å². The molecule has 18 heavy (non-hydrogen) atoms. The molecule has 0 aliphatic rings. The molecule has 0 saturated heterocycles. The van der Waals surface area contributed by atoms with E-state index in [1.807, 2.05) is 13.8 Å². The molecule has 0 aromatic carbocycles. The lowest BCUT2D eigenvalue weighted by Crippen LogP contribution is -2.44. The molecule has 0 bridgehead atoms. The molecule has 0 aliphatic heterocycles. The first kappa shape index (κ1) is 20.0. The number of hydrogen-bond acceptors (Lipinski definition) is 4. The third kappa shape index (κ3) is 8.68. The number of carbonyl (C=O) groups is 1. The van der Waals surface area contributed by atoms with Gasteiger partial charge in [-0.2, -0.15) is 0 Å². The van der Waals surface area contributed by atoms with Crippen molar-refractivity contribution in [3.05, 3.63) is 0 Å². The minimum atomic E-state index is -3.14. The highest BCUT2D eigenvalue weighted by Gasteiger charge is 2.16. The lowest BCUT2D eigenvalue weighted by molar-refractivity contribution is -0.123. The third-order valence-electron chi connectivity index (χ3n) is 2.38. The Morgan fingerprint density at radius 1 is 1.28 bits per heavy atom. The van der Waals surface area contributed by atoms with Crippen molar-refractivity contribution >= 4 is 28.3 Å². The Morgan fingerprint density at radius 3 is 2.28 bits per heavy atom. The Bertz CT molecular complexity index is 333. The zero-order valence-corrected chi connectivity index (χ0v) is 12.7. The fourth-order valence-corrected chi connectivity index (χ4v) is 1.71. The average Bonchev–Trinajstić information content (AvgIpc) is 2.27. The van der Waals surface area contributed by atoms with E-state index >= 15 is 0 Å². The van der Waals surface area contributed by atoms with E-state index in [1.165, 1.54) is 0 Å². The summed E-state index contributed by atoms with van der Waals surface area (Å²) in [4.78, 5) is 11.4. The van der Waals surface area contributed by atoms with Crippen LogP contribution in [-0.2, 0) is 14.8 Å². The first-order valence-corrected chi connectivity index (χ1v) is 7.46. The van der Waals surface area contributed by atoms with E-state index in [1.54, 1.807) is 6.92 Å². The summed E-state index contributed by atoms with van der Waals surface area (Å²) in [6.45, 7) is 6.07. The lowest BCUT2D eigenvalue weighted by atomic mass is 10.1. The molecule has 8 heteroatoms. The van der Waals surface area contributed by atoms with E-state index in [4.69, 9.17) is 5.73 Å². The maximum Gasteiger partial charge on any atom is 0.237 e. The smallest absolute Gasteiger partial charge is 0.237 e. The Labute approximate surface area is 116 Å². The Balaban J connectivity index is 0. The van der Waals surface area contributed by atoms with Crippen molar-refractivity contribution in [2.45, 2.75) is 33.2 Å². The monoisotopic (exact) mass is 301 g/mol. The van der Waals surface area contributed by atoms with Crippen LogP contribution in [-0.4, -0.2) is 39.2 Å². The molecule has 1 atom stereocenters. The van der Waals surface area contributed by atoms with Gasteiger partial charge in [-0.3, -0.25) is 4.79 Å². The topological polar surface area (TPSA) is 101 Å². The maximum atomic E-state index is 11.4. The van der Waals surface area contributed by atoms with E-state index in [0.717, 1.165) is 0 Å². The summed E-state index contributed by atoms with van der Waals surface area (Å²) < 4.78 is 24.6. The van der Waals surface area contributed by atoms with Gasteiger partial charge in [0.1, 0.15) is 0 Å². The Kier molecular flexibility index (Phi) is 10.6. The molecule has 0 radical (unpaired) electrons. The number of hydrogen-bond donors (Lipinski definition) is 3. The first-order valence-electron chi connectivity index (χ1n) is 5.80. The second-order valence-corrected chi connectivity index (χ2v) is 6.31. The molecule has 0 aromatic rings. The number of sulfonamides is 1. The molecule has 0 aromatic heterocycles.